The van der Waals surface area contributed by atoms with E-state index in [4.69, 9.17) is 21.1 Å². The summed E-state index contributed by atoms with van der Waals surface area (Å²) in [7, 11) is 1.47. The lowest BCUT2D eigenvalue weighted by Gasteiger charge is -2.16. The third-order valence-corrected chi connectivity index (χ3v) is 3.70. The van der Waals surface area contributed by atoms with Gasteiger partial charge < -0.3 is 14.8 Å². The fraction of sp³-hybridized carbons (Fsp3) is 0.235. The van der Waals surface area contributed by atoms with Crippen molar-refractivity contribution in [2.45, 2.75) is 20.0 Å². The van der Waals surface area contributed by atoms with Gasteiger partial charge in [-0.1, -0.05) is 11.6 Å². The van der Waals surface area contributed by atoms with Crippen LogP contribution in [0.1, 0.15) is 22.8 Å². The van der Waals surface area contributed by atoms with Crippen LogP contribution in [0.2, 0.25) is 5.02 Å². The largest absolute Gasteiger partial charge is 0.495 e. The lowest BCUT2D eigenvalue weighted by atomic mass is 10.2. The molecule has 0 aliphatic carbocycles. The maximum Gasteiger partial charge on any atom is 0.340 e. The number of carbonyl (C=O) groups is 2. The molecule has 7 heteroatoms. The third-order valence-electron chi connectivity index (χ3n) is 3.29. The van der Waals surface area contributed by atoms with Gasteiger partial charge in [0, 0.05) is 23.5 Å². The molecule has 1 N–H and O–H groups in total. The Hall–Kier alpha value is -2.60. The standard InChI is InChI=1S/C17H17ClN2O4/c1-10-7-14(15(23-3)8-13(10)18)20-16(21)11(2)24-17(22)12-5-4-6-19-9-12/h4-9,11H,1-3H3,(H,20,21)/t11-/m0/s1. The molecule has 1 atom stereocenters. The van der Waals surface area contributed by atoms with E-state index in [9.17, 15) is 9.59 Å². The summed E-state index contributed by atoms with van der Waals surface area (Å²) in [6, 6.07) is 6.47. The molecule has 0 radical (unpaired) electrons. The number of amides is 1. The highest BCUT2D eigenvalue weighted by molar-refractivity contribution is 6.31. The van der Waals surface area contributed by atoms with Gasteiger partial charge in [0.05, 0.1) is 18.4 Å². The number of esters is 1. The number of pyridine rings is 1. The molecular formula is C17H17ClN2O4. The Labute approximate surface area is 144 Å². The number of aryl methyl sites for hydroxylation is 1. The highest BCUT2D eigenvalue weighted by atomic mass is 35.5. The summed E-state index contributed by atoms with van der Waals surface area (Å²) in [5.74, 6) is -0.679. The first-order valence-corrected chi connectivity index (χ1v) is 7.56. The average Bonchev–Trinajstić information content (AvgIpc) is 2.58. The Kier molecular flexibility index (Phi) is 5.76. The van der Waals surface area contributed by atoms with Crippen LogP contribution in [0.15, 0.2) is 36.7 Å². The van der Waals surface area contributed by atoms with Gasteiger partial charge >= 0.3 is 5.97 Å². The number of benzene rings is 1. The predicted octanol–water partition coefficient (Wildman–Crippen LogP) is 3.24. The number of anilines is 1. The minimum atomic E-state index is -0.988. The van der Waals surface area contributed by atoms with Gasteiger partial charge in [-0.05, 0) is 37.6 Å². The smallest absolute Gasteiger partial charge is 0.340 e. The van der Waals surface area contributed by atoms with Crippen molar-refractivity contribution in [3.63, 3.8) is 0 Å². The molecule has 0 spiro atoms. The molecule has 126 valence electrons. The Morgan fingerprint density at radius 2 is 2.08 bits per heavy atom. The minimum absolute atomic E-state index is 0.275. The molecule has 0 aliphatic rings. The van der Waals surface area contributed by atoms with Gasteiger partial charge in [-0.2, -0.15) is 0 Å². The Balaban J connectivity index is 2.07. The predicted molar refractivity (Wildman–Crippen MR) is 90.5 cm³/mol. The summed E-state index contributed by atoms with van der Waals surface area (Å²) in [6.07, 6.45) is 1.93. The lowest BCUT2D eigenvalue weighted by Crippen LogP contribution is -2.30. The zero-order valence-electron chi connectivity index (χ0n) is 13.5. The summed E-state index contributed by atoms with van der Waals surface area (Å²) in [6.45, 7) is 3.29. The summed E-state index contributed by atoms with van der Waals surface area (Å²) < 4.78 is 10.3. The van der Waals surface area contributed by atoms with Gasteiger partial charge in [0.2, 0.25) is 0 Å². The number of carbonyl (C=O) groups excluding carboxylic acids is 2. The van der Waals surface area contributed by atoms with E-state index < -0.39 is 18.0 Å². The molecule has 6 nitrogen and oxygen atoms in total. The number of ether oxygens (including phenoxy) is 2. The van der Waals surface area contributed by atoms with Gasteiger partial charge in [-0.15, -0.1) is 0 Å². The number of nitrogens with zero attached hydrogens (tertiary/aromatic N) is 1. The van der Waals surface area contributed by atoms with E-state index in [1.807, 2.05) is 6.92 Å². The van der Waals surface area contributed by atoms with Crippen molar-refractivity contribution in [2.24, 2.45) is 0 Å². The number of halogens is 1. The molecular weight excluding hydrogens is 332 g/mol. The van der Waals surface area contributed by atoms with Crippen molar-refractivity contribution in [2.75, 3.05) is 12.4 Å². The Morgan fingerprint density at radius 3 is 2.71 bits per heavy atom. The first kappa shape index (κ1) is 17.7. The Morgan fingerprint density at radius 1 is 1.33 bits per heavy atom. The van der Waals surface area contributed by atoms with Gasteiger partial charge in [-0.25, -0.2) is 4.79 Å². The second kappa shape index (κ2) is 7.79. The van der Waals surface area contributed by atoms with Gasteiger partial charge in [0.25, 0.3) is 5.91 Å². The van der Waals surface area contributed by atoms with E-state index in [1.54, 1.807) is 30.5 Å². The number of nitrogens with one attached hydrogen (secondary N) is 1. The number of hydrogen-bond acceptors (Lipinski definition) is 5. The normalized spacial score (nSPS) is 11.5. The zero-order valence-corrected chi connectivity index (χ0v) is 14.3. The van der Waals surface area contributed by atoms with Crippen LogP contribution in [0, 0.1) is 6.92 Å². The highest BCUT2D eigenvalue weighted by Crippen LogP contribution is 2.31. The zero-order chi connectivity index (χ0) is 17.7. The van der Waals surface area contributed by atoms with Crippen molar-refractivity contribution in [3.8, 4) is 5.75 Å². The molecule has 1 heterocycles. The van der Waals surface area contributed by atoms with E-state index in [0.717, 1.165) is 5.56 Å². The first-order valence-electron chi connectivity index (χ1n) is 7.18. The maximum absolute atomic E-state index is 12.3. The molecule has 0 saturated carbocycles. The summed E-state index contributed by atoms with van der Waals surface area (Å²) >= 11 is 6.03. The van der Waals surface area contributed by atoms with Crippen molar-refractivity contribution in [3.05, 3.63) is 52.8 Å². The molecule has 2 aromatic rings. The number of hydrogen-bond donors (Lipinski definition) is 1. The molecule has 0 aliphatic heterocycles. The first-order chi connectivity index (χ1) is 11.4. The molecule has 1 aromatic heterocycles. The van der Waals surface area contributed by atoms with Crippen molar-refractivity contribution >= 4 is 29.2 Å². The third kappa shape index (κ3) is 4.23. The molecule has 24 heavy (non-hydrogen) atoms. The van der Waals surface area contributed by atoms with E-state index >= 15 is 0 Å². The molecule has 0 bridgehead atoms. The summed E-state index contributed by atoms with van der Waals surface area (Å²) in [5, 5.41) is 3.20. The summed E-state index contributed by atoms with van der Waals surface area (Å²) in [5.41, 5.74) is 1.51. The fourth-order valence-electron chi connectivity index (χ4n) is 1.93. The molecule has 1 amide bonds. The van der Waals surface area contributed by atoms with Gasteiger partial charge in [0.1, 0.15) is 5.75 Å². The topological polar surface area (TPSA) is 77.5 Å². The van der Waals surface area contributed by atoms with E-state index in [2.05, 4.69) is 10.3 Å². The molecule has 0 saturated heterocycles. The Bertz CT molecular complexity index is 750. The molecule has 1 aromatic carbocycles. The lowest BCUT2D eigenvalue weighted by molar-refractivity contribution is -0.123. The highest BCUT2D eigenvalue weighted by Gasteiger charge is 2.20. The molecule has 0 fully saturated rings. The van der Waals surface area contributed by atoms with Crippen LogP contribution in [0.25, 0.3) is 0 Å². The van der Waals surface area contributed by atoms with E-state index in [0.29, 0.717) is 16.5 Å². The second-order valence-electron chi connectivity index (χ2n) is 5.08. The van der Waals surface area contributed by atoms with Crippen LogP contribution in [0.3, 0.4) is 0 Å². The molecule has 0 unspecified atom stereocenters. The maximum atomic E-state index is 12.3. The average molecular weight is 349 g/mol. The van der Waals surface area contributed by atoms with Gasteiger partial charge in [0.15, 0.2) is 6.10 Å². The minimum Gasteiger partial charge on any atom is -0.495 e. The van der Waals surface area contributed by atoms with Crippen LogP contribution in [0.5, 0.6) is 5.75 Å². The molecule has 2 rings (SSSR count). The number of rotatable bonds is 5. The van der Waals surface area contributed by atoms with Crippen LogP contribution in [0.4, 0.5) is 5.69 Å². The van der Waals surface area contributed by atoms with Crippen LogP contribution in [-0.2, 0) is 9.53 Å². The van der Waals surface area contributed by atoms with Crippen molar-refractivity contribution in [1.82, 2.24) is 4.98 Å². The van der Waals surface area contributed by atoms with E-state index in [1.165, 1.54) is 20.2 Å². The van der Waals surface area contributed by atoms with Gasteiger partial charge in [-0.3, -0.25) is 9.78 Å². The fourth-order valence-corrected chi connectivity index (χ4v) is 2.08. The van der Waals surface area contributed by atoms with E-state index in [-0.39, 0.29) is 5.56 Å². The van der Waals surface area contributed by atoms with Crippen LogP contribution < -0.4 is 10.1 Å². The SMILES string of the molecule is COc1cc(Cl)c(C)cc1NC(=O)[C@H](C)OC(=O)c1cccnc1. The number of methoxy groups -OCH3 is 1. The quantitative estimate of drug-likeness (QED) is 0.839. The van der Waals surface area contributed by atoms with Crippen LogP contribution in [-0.4, -0.2) is 30.1 Å². The van der Waals surface area contributed by atoms with Crippen molar-refractivity contribution in [1.29, 1.82) is 0 Å². The second-order valence-corrected chi connectivity index (χ2v) is 5.49. The summed E-state index contributed by atoms with van der Waals surface area (Å²) in [4.78, 5) is 28.0. The number of aromatic nitrogens is 1. The van der Waals surface area contributed by atoms with Crippen molar-refractivity contribution < 1.29 is 19.1 Å². The van der Waals surface area contributed by atoms with Crippen LogP contribution >= 0.6 is 11.6 Å². The monoisotopic (exact) mass is 348 g/mol.